The van der Waals surface area contributed by atoms with Crippen molar-refractivity contribution in [1.82, 2.24) is 14.4 Å². The molecule has 4 heteroatoms. The fraction of sp³-hybridized carbons (Fsp3) is 0.300. The summed E-state index contributed by atoms with van der Waals surface area (Å²) >= 11 is 0. The molecule has 0 radical (unpaired) electrons. The summed E-state index contributed by atoms with van der Waals surface area (Å²) in [5, 5.41) is 0. The molecule has 72 valence electrons. The zero-order valence-electron chi connectivity index (χ0n) is 8.14. The van der Waals surface area contributed by atoms with Crippen LogP contribution in [-0.4, -0.2) is 20.7 Å². The maximum Gasteiger partial charge on any atom is 0.170 e. The van der Waals surface area contributed by atoms with Gasteiger partial charge in [0.1, 0.15) is 5.69 Å². The zero-order valence-corrected chi connectivity index (χ0v) is 8.14. The lowest BCUT2D eigenvalue weighted by molar-refractivity contribution is 0.111. The molecule has 0 atom stereocenters. The number of rotatable bonds is 2. The van der Waals surface area contributed by atoms with Gasteiger partial charge >= 0.3 is 0 Å². The molecule has 2 aromatic heterocycles. The van der Waals surface area contributed by atoms with Crippen LogP contribution in [0.5, 0.6) is 0 Å². The molecule has 0 aliphatic rings. The second kappa shape index (κ2) is 3.21. The van der Waals surface area contributed by atoms with Crippen LogP contribution in [-0.2, 0) is 0 Å². The van der Waals surface area contributed by atoms with Crippen LogP contribution in [0, 0.1) is 0 Å². The van der Waals surface area contributed by atoms with Gasteiger partial charge in [0.15, 0.2) is 11.9 Å². The van der Waals surface area contributed by atoms with E-state index in [1.54, 1.807) is 12.4 Å². The van der Waals surface area contributed by atoms with Crippen LogP contribution in [0.4, 0.5) is 0 Å². The minimum Gasteiger partial charge on any atom is -0.303 e. The molecule has 0 aliphatic heterocycles. The Morgan fingerprint density at radius 2 is 2.21 bits per heavy atom. The van der Waals surface area contributed by atoms with Crippen molar-refractivity contribution >= 4 is 11.9 Å². The van der Waals surface area contributed by atoms with Crippen LogP contribution < -0.4 is 0 Å². The fourth-order valence-electron chi connectivity index (χ4n) is 1.29. The summed E-state index contributed by atoms with van der Waals surface area (Å²) < 4.78 is 1.83. The van der Waals surface area contributed by atoms with Gasteiger partial charge in [-0.25, -0.2) is 4.98 Å². The Morgan fingerprint density at radius 1 is 1.43 bits per heavy atom. The molecule has 2 heterocycles. The predicted molar refractivity (Wildman–Crippen MR) is 52.5 cm³/mol. The van der Waals surface area contributed by atoms with Gasteiger partial charge in [0.05, 0.1) is 11.9 Å². The zero-order chi connectivity index (χ0) is 10.1. The standard InChI is InChI=1S/C10H11N3O/c1-7(2)9-5-13-4-8(6-14)12-10(13)3-11-9/h3-7H,1-2H3. The first-order valence-corrected chi connectivity index (χ1v) is 4.50. The molecule has 0 amide bonds. The first-order valence-electron chi connectivity index (χ1n) is 4.50. The minimum absolute atomic E-state index is 0.376. The normalized spacial score (nSPS) is 11.1. The van der Waals surface area contributed by atoms with Gasteiger partial charge in [-0.1, -0.05) is 13.8 Å². The van der Waals surface area contributed by atoms with Crippen LogP contribution >= 0.6 is 0 Å². The number of hydrogen-bond donors (Lipinski definition) is 0. The number of fused-ring (bicyclic) bond motifs is 1. The van der Waals surface area contributed by atoms with Crippen LogP contribution in [0.3, 0.4) is 0 Å². The lowest BCUT2D eigenvalue weighted by Crippen LogP contribution is -1.95. The van der Waals surface area contributed by atoms with E-state index in [4.69, 9.17) is 0 Å². The first-order chi connectivity index (χ1) is 6.70. The van der Waals surface area contributed by atoms with Gasteiger partial charge in [0.2, 0.25) is 0 Å². The van der Waals surface area contributed by atoms with Crippen LogP contribution in [0.1, 0.15) is 35.9 Å². The van der Waals surface area contributed by atoms with Crippen molar-refractivity contribution in [2.45, 2.75) is 19.8 Å². The van der Waals surface area contributed by atoms with Crippen molar-refractivity contribution in [3.05, 3.63) is 30.0 Å². The molecule has 0 aliphatic carbocycles. The van der Waals surface area contributed by atoms with Gasteiger partial charge in [-0.15, -0.1) is 0 Å². The molecule has 0 fully saturated rings. The largest absolute Gasteiger partial charge is 0.303 e. The smallest absolute Gasteiger partial charge is 0.170 e. The number of imidazole rings is 1. The summed E-state index contributed by atoms with van der Waals surface area (Å²) in [7, 11) is 0. The summed E-state index contributed by atoms with van der Waals surface area (Å²) in [5.74, 6) is 0.376. The molecule has 0 unspecified atom stereocenters. The summed E-state index contributed by atoms with van der Waals surface area (Å²) in [6, 6.07) is 0. The second-order valence-corrected chi connectivity index (χ2v) is 3.52. The van der Waals surface area contributed by atoms with E-state index in [0.29, 0.717) is 17.3 Å². The third kappa shape index (κ3) is 1.39. The van der Waals surface area contributed by atoms with Crippen LogP contribution in [0.2, 0.25) is 0 Å². The monoisotopic (exact) mass is 189 g/mol. The maximum absolute atomic E-state index is 10.5. The van der Waals surface area contributed by atoms with Crippen molar-refractivity contribution in [1.29, 1.82) is 0 Å². The van der Waals surface area contributed by atoms with E-state index in [1.165, 1.54) is 0 Å². The van der Waals surface area contributed by atoms with Gasteiger partial charge in [0, 0.05) is 12.4 Å². The highest BCUT2D eigenvalue weighted by molar-refractivity contribution is 5.72. The highest BCUT2D eigenvalue weighted by Crippen LogP contribution is 2.12. The summed E-state index contributed by atoms with van der Waals surface area (Å²) in [5.41, 5.74) is 2.14. The van der Waals surface area contributed by atoms with Crippen molar-refractivity contribution in [2.24, 2.45) is 0 Å². The number of nitrogens with zero attached hydrogens (tertiary/aromatic N) is 3. The summed E-state index contributed by atoms with van der Waals surface area (Å²) in [6.45, 7) is 4.15. The van der Waals surface area contributed by atoms with Crippen molar-refractivity contribution < 1.29 is 4.79 Å². The third-order valence-corrected chi connectivity index (χ3v) is 2.09. The Hall–Kier alpha value is -1.71. The molecule has 14 heavy (non-hydrogen) atoms. The van der Waals surface area contributed by atoms with Gasteiger partial charge < -0.3 is 4.40 Å². The molecule has 0 bridgehead atoms. The average molecular weight is 189 g/mol. The topological polar surface area (TPSA) is 47.3 Å². The number of aromatic nitrogens is 3. The molecule has 2 aromatic rings. The van der Waals surface area contributed by atoms with E-state index in [0.717, 1.165) is 12.0 Å². The van der Waals surface area contributed by atoms with E-state index in [2.05, 4.69) is 23.8 Å². The number of carbonyl (C=O) groups excluding carboxylic acids is 1. The van der Waals surface area contributed by atoms with Crippen LogP contribution in [0.15, 0.2) is 18.6 Å². The molecular formula is C10H11N3O. The maximum atomic E-state index is 10.5. The molecule has 0 aromatic carbocycles. The quantitative estimate of drug-likeness (QED) is 0.675. The highest BCUT2D eigenvalue weighted by atomic mass is 16.1. The van der Waals surface area contributed by atoms with Crippen molar-refractivity contribution in [3.63, 3.8) is 0 Å². The van der Waals surface area contributed by atoms with Gasteiger partial charge in [-0.05, 0) is 5.92 Å². The summed E-state index contributed by atoms with van der Waals surface area (Å²) in [6.07, 6.45) is 6.03. The molecule has 4 nitrogen and oxygen atoms in total. The highest BCUT2D eigenvalue weighted by Gasteiger charge is 2.04. The van der Waals surface area contributed by atoms with Gasteiger partial charge in [-0.2, -0.15) is 0 Å². The molecule has 0 saturated heterocycles. The second-order valence-electron chi connectivity index (χ2n) is 3.52. The Labute approximate surface area is 81.6 Å². The Morgan fingerprint density at radius 3 is 2.86 bits per heavy atom. The Kier molecular flexibility index (Phi) is 2.04. The molecule has 0 N–H and O–H groups in total. The molecular weight excluding hydrogens is 178 g/mol. The van der Waals surface area contributed by atoms with E-state index in [-0.39, 0.29) is 0 Å². The number of hydrogen-bond acceptors (Lipinski definition) is 3. The Balaban J connectivity index is 2.59. The van der Waals surface area contributed by atoms with E-state index >= 15 is 0 Å². The summed E-state index contributed by atoms with van der Waals surface area (Å²) in [4.78, 5) is 18.8. The fourth-order valence-corrected chi connectivity index (χ4v) is 1.29. The van der Waals surface area contributed by atoms with Crippen molar-refractivity contribution in [3.8, 4) is 0 Å². The third-order valence-electron chi connectivity index (χ3n) is 2.09. The first kappa shape index (κ1) is 8.87. The molecule has 0 spiro atoms. The minimum atomic E-state index is 0.376. The lowest BCUT2D eigenvalue weighted by Gasteiger charge is -2.03. The number of carbonyl (C=O) groups is 1. The van der Waals surface area contributed by atoms with E-state index in [9.17, 15) is 4.79 Å². The Bertz CT molecular complexity index is 473. The SMILES string of the molecule is CC(C)c1cn2cc(C=O)nc2cn1. The van der Waals surface area contributed by atoms with Crippen molar-refractivity contribution in [2.75, 3.05) is 0 Å². The predicted octanol–water partition coefficient (Wildman–Crippen LogP) is 1.67. The van der Waals surface area contributed by atoms with Crippen LogP contribution in [0.25, 0.3) is 5.65 Å². The lowest BCUT2D eigenvalue weighted by atomic mass is 10.1. The average Bonchev–Trinajstić information content (AvgIpc) is 2.58. The van der Waals surface area contributed by atoms with E-state index in [1.807, 2.05) is 10.6 Å². The molecule has 2 rings (SSSR count). The van der Waals surface area contributed by atoms with Gasteiger partial charge in [0.25, 0.3) is 0 Å². The van der Waals surface area contributed by atoms with E-state index < -0.39 is 0 Å². The van der Waals surface area contributed by atoms with Gasteiger partial charge in [-0.3, -0.25) is 9.78 Å². The molecule has 0 saturated carbocycles. The number of aldehydes is 1.